The van der Waals surface area contributed by atoms with Gasteiger partial charge in [0.1, 0.15) is 17.3 Å². The number of aliphatic hydroxyl groups is 1. The average molecular weight is 584 g/mol. The van der Waals surface area contributed by atoms with Crippen molar-refractivity contribution in [1.29, 1.82) is 0 Å². The number of hydrogen-bond donors (Lipinski definition) is 3. The SMILES string of the molecule is CN1CCN(CCC(=O)Nc2cc(Nc3cc(-c4cc(Cl)ccc4F)nnc3OCC3CC(C)(O)C3)ccn2)CC1. The van der Waals surface area contributed by atoms with Crippen LogP contribution in [-0.2, 0) is 4.79 Å². The quantitative estimate of drug-likeness (QED) is 0.323. The maximum Gasteiger partial charge on any atom is 0.257 e. The van der Waals surface area contributed by atoms with Crippen LogP contribution in [0.5, 0.6) is 5.88 Å². The Kier molecular flexibility index (Phi) is 8.98. The second kappa shape index (κ2) is 12.6. The fourth-order valence-electron chi connectivity index (χ4n) is 5.17. The maximum absolute atomic E-state index is 14.6. The molecule has 1 amide bonds. The zero-order valence-corrected chi connectivity index (χ0v) is 24.0. The number of carbonyl (C=O) groups is 1. The number of nitrogens with one attached hydrogen (secondary N) is 2. The first kappa shape index (κ1) is 29.1. The summed E-state index contributed by atoms with van der Waals surface area (Å²) in [4.78, 5) is 21.5. The molecule has 0 atom stereocenters. The summed E-state index contributed by atoms with van der Waals surface area (Å²) >= 11 is 6.11. The minimum Gasteiger partial charge on any atom is -0.475 e. The van der Waals surface area contributed by atoms with Crippen molar-refractivity contribution in [2.24, 2.45) is 5.92 Å². The van der Waals surface area contributed by atoms with Gasteiger partial charge in [-0.15, -0.1) is 10.2 Å². The fraction of sp³-hybridized carbons (Fsp3) is 0.448. The largest absolute Gasteiger partial charge is 0.475 e. The van der Waals surface area contributed by atoms with E-state index in [1.165, 1.54) is 18.2 Å². The van der Waals surface area contributed by atoms with Crippen molar-refractivity contribution in [3.05, 3.63) is 53.4 Å². The van der Waals surface area contributed by atoms with Crippen molar-refractivity contribution in [1.82, 2.24) is 25.0 Å². The second-order valence-electron chi connectivity index (χ2n) is 11.2. The molecule has 0 radical (unpaired) electrons. The minimum absolute atomic E-state index is 0.113. The van der Waals surface area contributed by atoms with Crippen LogP contribution in [0.1, 0.15) is 26.2 Å². The molecule has 2 aliphatic rings. The van der Waals surface area contributed by atoms with E-state index in [2.05, 4.69) is 42.7 Å². The molecule has 2 aromatic heterocycles. The number of benzene rings is 1. The summed E-state index contributed by atoms with van der Waals surface area (Å²) in [6.07, 6.45) is 3.23. The van der Waals surface area contributed by atoms with E-state index in [1.54, 1.807) is 31.3 Å². The molecule has 3 N–H and O–H groups in total. The molecular weight excluding hydrogens is 549 g/mol. The van der Waals surface area contributed by atoms with Gasteiger partial charge in [-0.3, -0.25) is 4.79 Å². The van der Waals surface area contributed by atoms with Crippen LogP contribution < -0.4 is 15.4 Å². The van der Waals surface area contributed by atoms with Gasteiger partial charge >= 0.3 is 0 Å². The molecule has 41 heavy (non-hydrogen) atoms. The lowest BCUT2D eigenvalue weighted by Crippen LogP contribution is -2.45. The number of piperazine rings is 1. The molecule has 1 aliphatic heterocycles. The average Bonchev–Trinajstić information content (AvgIpc) is 2.92. The van der Waals surface area contributed by atoms with E-state index < -0.39 is 11.4 Å². The standard InChI is InChI=1S/C29H35ClFN7O3/c1-29(40)16-19(17-29)18-41-28-25(15-24(35-36-28)22-13-20(30)3-4-23(22)31)33-21-5-7-32-26(14-21)34-27(39)6-8-38-11-9-37(2)10-12-38/h3-5,7,13-15,19,40H,6,8-12,16-18H2,1-2H3,(H2,32,33,34,35,39). The van der Waals surface area contributed by atoms with Crippen LogP contribution in [0.2, 0.25) is 5.02 Å². The molecule has 12 heteroatoms. The molecule has 1 saturated heterocycles. The summed E-state index contributed by atoms with van der Waals surface area (Å²) in [6, 6.07) is 9.33. The first-order chi connectivity index (χ1) is 19.6. The monoisotopic (exact) mass is 583 g/mol. The first-order valence-corrected chi connectivity index (χ1v) is 14.1. The number of nitrogens with zero attached hydrogens (tertiary/aromatic N) is 5. The fourth-order valence-corrected chi connectivity index (χ4v) is 5.34. The Morgan fingerprint density at radius 2 is 1.95 bits per heavy atom. The van der Waals surface area contributed by atoms with E-state index in [0.717, 1.165) is 26.2 Å². The zero-order chi connectivity index (χ0) is 29.0. The molecule has 218 valence electrons. The van der Waals surface area contributed by atoms with Crippen LogP contribution in [0.15, 0.2) is 42.6 Å². The lowest BCUT2D eigenvalue weighted by Gasteiger charge is -2.40. The number of hydrogen-bond acceptors (Lipinski definition) is 9. The van der Waals surface area contributed by atoms with Gasteiger partial charge < -0.3 is 30.3 Å². The molecule has 5 rings (SSSR count). The summed E-state index contributed by atoms with van der Waals surface area (Å²) < 4.78 is 20.6. The molecule has 2 fully saturated rings. The van der Waals surface area contributed by atoms with Gasteiger partial charge in [-0.1, -0.05) is 11.6 Å². The highest BCUT2D eigenvalue weighted by molar-refractivity contribution is 6.30. The first-order valence-electron chi connectivity index (χ1n) is 13.8. The minimum atomic E-state index is -0.670. The molecule has 10 nitrogen and oxygen atoms in total. The van der Waals surface area contributed by atoms with Crippen molar-refractivity contribution in [3.63, 3.8) is 0 Å². The van der Waals surface area contributed by atoms with E-state index in [1.807, 2.05) is 0 Å². The summed E-state index contributed by atoms with van der Waals surface area (Å²) in [5, 5.41) is 25.0. The number of carbonyl (C=O) groups excluding carboxylic acids is 1. The third-order valence-electron chi connectivity index (χ3n) is 7.43. The van der Waals surface area contributed by atoms with E-state index in [4.69, 9.17) is 16.3 Å². The van der Waals surface area contributed by atoms with Crippen LogP contribution in [0.3, 0.4) is 0 Å². The number of aromatic nitrogens is 3. The molecule has 1 aromatic carbocycles. The van der Waals surface area contributed by atoms with Gasteiger partial charge in [0.25, 0.3) is 5.88 Å². The molecule has 0 unspecified atom stereocenters. The third kappa shape index (κ3) is 7.88. The number of rotatable bonds is 10. The maximum atomic E-state index is 14.6. The molecule has 1 saturated carbocycles. The molecule has 3 aromatic rings. The number of likely N-dealkylation sites (N-methyl/N-ethyl adjacent to an activating group) is 1. The van der Waals surface area contributed by atoms with Gasteiger partial charge in [-0.25, -0.2) is 9.37 Å². The van der Waals surface area contributed by atoms with Gasteiger partial charge in [0.2, 0.25) is 5.91 Å². The molecule has 1 aliphatic carbocycles. The predicted molar refractivity (Wildman–Crippen MR) is 156 cm³/mol. The smallest absolute Gasteiger partial charge is 0.257 e. The third-order valence-corrected chi connectivity index (χ3v) is 7.67. The highest BCUT2D eigenvalue weighted by atomic mass is 35.5. The van der Waals surface area contributed by atoms with Crippen LogP contribution in [0.25, 0.3) is 11.3 Å². The summed E-state index contributed by atoms with van der Waals surface area (Å²) in [7, 11) is 2.10. The molecule has 0 bridgehead atoms. The van der Waals surface area contributed by atoms with Crippen LogP contribution >= 0.6 is 11.6 Å². The Balaban J connectivity index is 1.29. The normalized spacial score (nSPS) is 21.2. The Bertz CT molecular complexity index is 1380. The van der Waals surface area contributed by atoms with Crippen LogP contribution in [-0.4, -0.2) is 88.0 Å². The second-order valence-corrected chi connectivity index (χ2v) is 11.6. The van der Waals surface area contributed by atoms with Crippen molar-refractivity contribution < 1.29 is 19.0 Å². The van der Waals surface area contributed by atoms with Gasteiger partial charge in [-0.2, -0.15) is 0 Å². The van der Waals surface area contributed by atoms with E-state index in [-0.39, 0.29) is 29.0 Å². The number of amides is 1. The van der Waals surface area contributed by atoms with Gasteiger partial charge in [-0.05, 0) is 63.1 Å². The van der Waals surface area contributed by atoms with Gasteiger partial charge in [0.05, 0.1) is 17.9 Å². The molecule has 3 heterocycles. The lowest BCUT2D eigenvalue weighted by molar-refractivity contribution is -0.116. The number of pyridine rings is 1. The Labute approximate surface area is 243 Å². The summed E-state index contributed by atoms with van der Waals surface area (Å²) in [5.41, 5.74) is 0.891. The topological polar surface area (TPSA) is 116 Å². The lowest BCUT2D eigenvalue weighted by atomic mass is 9.73. The molecule has 0 spiro atoms. The number of ether oxygens (including phenoxy) is 1. The number of anilines is 3. The van der Waals surface area contributed by atoms with E-state index in [0.29, 0.717) is 54.6 Å². The van der Waals surface area contributed by atoms with Crippen molar-refractivity contribution >= 4 is 34.7 Å². The van der Waals surface area contributed by atoms with Gasteiger partial charge in [0.15, 0.2) is 0 Å². The molecular formula is C29H35ClFN7O3. The van der Waals surface area contributed by atoms with E-state index in [9.17, 15) is 14.3 Å². The Hall–Kier alpha value is -3.38. The summed E-state index contributed by atoms with van der Waals surface area (Å²) in [5.74, 6) is 0.236. The highest BCUT2D eigenvalue weighted by Gasteiger charge is 2.38. The van der Waals surface area contributed by atoms with Crippen molar-refractivity contribution in [2.75, 3.05) is 57.0 Å². The Morgan fingerprint density at radius 1 is 1.17 bits per heavy atom. The summed E-state index contributed by atoms with van der Waals surface area (Å²) in [6.45, 7) is 6.76. The predicted octanol–water partition coefficient (Wildman–Crippen LogP) is 4.19. The zero-order valence-electron chi connectivity index (χ0n) is 23.2. The van der Waals surface area contributed by atoms with E-state index >= 15 is 0 Å². The van der Waals surface area contributed by atoms with Crippen molar-refractivity contribution in [2.45, 2.75) is 31.8 Å². The van der Waals surface area contributed by atoms with Crippen LogP contribution in [0, 0.1) is 11.7 Å². The van der Waals surface area contributed by atoms with Crippen LogP contribution in [0.4, 0.5) is 21.6 Å². The van der Waals surface area contributed by atoms with Gasteiger partial charge in [0, 0.05) is 67.7 Å². The van der Waals surface area contributed by atoms with Crippen molar-refractivity contribution in [3.8, 4) is 17.1 Å². The Morgan fingerprint density at radius 3 is 2.71 bits per heavy atom. The highest BCUT2D eigenvalue weighted by Crippen LogP contribution is 2.38. The number of halogens is 2.